The number of carbonyl (C=O) groups excluding carboxylic acids is 1. The summed E-state index contributed by atoms with van der Waals surface area (Å²) in [6, 6.07) is 8.94. The van der Waals surface area contributed by atoms with E-state index in [1.807, 2.05) is 18.2 Å². The van der Waals surface area contributed by atoms with Gasteiger partial charge in [-0.3, -0.25) is 9.36 Å². The van der Waals surface area contributed by atoms with E-state index in [0.29, 0.717) is 28.9 Å². The first-order valence-electron chi connectivity index (χ1n) is 8.05. The largest absolute Gasteiger partial charge is 0.462 e. The molecule has 0 unspecified atom stereocenters. The summed E-state index contributed by atoms with van der Waals surface area (Å²) in [6.45, 7) is 4.52. The monoisotopic (exact) mass is 374 g/mol. The maximum Gasteiger partial charge on any atom is 0.338 e. The zero-order chi connectivity index (χ0) is 18.0. The number of aromatic amines is 1. The Morgan fingerprint density at radius 2 is 2.00 bits per heavy atom. The number of esters is 1. The summed E-state index contributed by atoms with van der Waals surface area (Å²) >= 11 is 6.92. The molecular weight excluding hydrogens is 356 g/mol. The average molecular weight is 374 g/mol. The van der Waals surface area contributed by atoms with E-state index in [-0.39, 0.29) is 11.5 Å². The number of aromatic nitrogens is 2. The Kier molecular flexibility index (Phi) is 5.15. The zero-order valence-corrected chi connectivity index (χ0v) is 15.6. The topological polar surface area (TPSA) is 64.1 Å². The Hall–Kier alpha value is -2.25. The van der Waals surface area contributed by atoms with E-state index >= 15 is 0 Å². The smallest absolute Gasteiger partial charge is 0.338 e. The Balaban J connectivity index is 1.94. The Morgan fingerprint density at radius 3 is 2.64 bits per heavy atom. The molecule has 7 heteroatoms. The van der Waals surface area contributed by atoms with Crippen LogP contribution in [0.25, 0.3) is 10.2 Å². The molecule has 3 rings (SSSR count). The van der Waals surface area contributed by atoms with E-state index in [1.54, 1.807) is 35.0 Å². The summed E-state index contributed by atoms with van der Waals surface area (Å²) in [5, 5.41) is 0.665. The van der Waals surface area contributed by atoms with Crippen LogP contribution in [0.1, 0.15) is 34.6 Å². The molecule has 0 amide bonds. The Labute approximate surface area is 153 Å². The number of hydrogen-bond donors (Lipinski definition) is 1. The van der Waals surface area contributed by atoms with Gasteiger partial charge >= 0.3 is 5.97 Å². The van der Waals surface area contributed by atoms with Crippen LogP contribution in [0.5, 0.6) is 0 Å². The van der Waals surface area contributed by atoms with Crippen molar-refractivity contribution in [2.45, 2.75) is 26.8 Å². The van der Waals surface area contributed by atoms with Gasteiger partial charge in [0.15, 0.2) is 4.77 Å². The van der Waals surface area contributed by atoms with Crippen molar-refractivity contribution in [1.29, 1.82) is 0 Å². The van der Waals surface area contributed by atoms with E-state index in [4.69, 9.17) is 17.0 Å². The number of nitrogens with one attached hydrogen (secondary N) is 1. The maximum absolute atomic E-state index is 12.8. The van der Waals surface area contributed by atoms with Gasteiger partial charge in [0.2, 0.25) is 0 Å². The van der Waals surface area contributed by atoms with Gasteiger partial charge in [-0.2, -0.15) is 0 Å². The summed E-state index contributed by atoms with van der Waals surface area (Å²) in [7, 11) is 0. The number of benzene rings is 1. The van der Waals surface area contributed by atoms with Crippen LogP contribution >= 0.6 is 23.6 Å². The number of H-pyrrole nitrogens is 1. The van der Waals surface area contributed by atoms with Gasteiger partial charge in [0.1, 0.15) is 4.83 Å². The number of nitrogens with zero attached hydrogens (tertiary/aromatic N) is 1. The lowest BCUT2D eigenvalue weighted by molar-refractivity contribution is 0.0526. The van der Waals surface area contributed by atoms with Crippen molar-refractivity contribution in [2.24, 2.45) is 0 Å². The molecule has 0 saturated carbocycles. The fraction of sp³-hybridized carbons (Fsp3) is 0.278. The lowest BCUT2D eigenvalue weighted by Crippen LogP contribution is -2.22. The highest BCUT2D eigenvalue weighted by Crippen LogP contribution is 2.21. The number of aryl methyl sites for hydroxylation is 1. The molecule has 3 aromatic rings. The molecule has 0 bridgehead atoms. The molecule has 0 aliphatic carbocycles. The first-order valence-corrected chi connectivity index (χ1v) is 9.27. The van der Waals surface area contributed by atoms with Crippen molar-refractivity contribution in [3.8, 4) is 0 Å². The second-order valence-corrected chi connectivity index (χ2v) is 7.07. The molecule has 25 heavy (non-hydrogen) atoms. The minimum absolute atomic E-state index is 0.0934. The summed E-state index contributed by atoms with van der Waals surface area (Å²) in [6.07, 6.45) is 0.884. The number of thiophene rings is 1. The summed E-state index contributed by atoms with van der Waals surface area (Å²) < 4.78 is 6.92. The van der Waals surface area contributed by atoms with Gasteiger partial charge < -0.3 is 9.72 Å². The molecule has 1 aromatic carbocycles. The van der Waals surface area contributed by atoms with Gasteiger partial charge in [-0.25, -0.2) is 4.79 Å². The molecule has 2 aromatic heterocycles. The second kappa shape index (κ2) is 7.33. The van der Waals surface area contributed by atoms with Gasteiger partial charge in [-0.15, -0.1) is 11.3 Å². The third kappa shape index (κ3) is 3.57. The third-order valence-corrected chi connectivity index (χ3v) is 5.40. The van der Waals surface area contributed by atoms with Crippen LogP contribution in [0, 0.1) is 4.77 Å². The molecule has 2 heterocycles. The van der Waals surface area contributed by atoms with Crippen molar-refractivity contribution in [2.75, 3.05) is 6.61 Å². The van der Waals surface area contributed by atoms with Crippen LogP contribution in [-0.2, 0) is 17.7 Å². The molecule has 0 aliphatic heterocycles. The molecule has 0 atom stereocenters. The first-order chi connectivity index (χ1) is 12.0. The molecule has 130 valence electrons. The van der Waals surface area contributed by atoms with Gasteiger partial charge in [0, 0.05) is 4.88 Å². The predicted molar refractivity (Wildman–Crippen MR) is 102 cm³/mol. The summed E-state index contributed by atoms with van der Waals surface area (Å²) in [5.74, 6) is -0.352. The van der Waals surface area contributed by atoms with E-state index in [0.717, 1.165) is 21.7 Å². The normalized spacial score (nSPS) is 11.0. The quantitative estimate of drug-likeness (QED) is 0.543. The van der Waals surface area contributed by atoms with Gasteiger partial charge in [0.05, 0.1) is 24.1 Å². The number of rotatable bonds is 5. The standard InChI is InChI=1S/C18H18N2O3S2/c1-3-13-9-14-15(25-13)19-18(24)20(16(14)21)10-11-5-7-12(8-6-11)17(22)23-4-2/h5-9H,3-4,10H2,1-2H3,(H,19,24). The average Bonchev–Trinajstić information content (AvgIpc) is 3.02. The maximum atomic E-state index is 12.8. The second-order valence-electron chi connectivity index (χ2n) is 5.55. The van der Waals surface area contributed by atoms with Crippen molar-refractivity contribution < 1.29 is 9.53 Å². The summed E-state index contributed by atoms with van der Waals surface area (Å²) in [4.78, 5) is 29.6. The van der Waals surface area contributed by atoms with Crippen molar-refractivity contribution in [3.63, 3.8) is 0 Å². The van der Waals surface area contributed by atoms with Crippen LogP contribution in [0.2, 0.25) is 0 Å². The van der Waals surface area contributed by atoms with E-state index in [1.165, 1.54) is 0 Å². The Morgan fingerprint density at radius 1 is 1.28 bits per heavy atom. The lowest BCUT2D eigenvalue weighted by atomic mass is 10.1. The molecule has 5 nitrogen and oxygen atoms in total. The highest BCUT2D eigenvalue weighted by molar-refractivity contribution is 7.71. The number of hydrogen-bond acceptors (Lipinski definition) is 5. The van der Waals surface area contributed by atoms with Crippen LogP contribution in [0.3, 0.4) is 0 Å². The number of carbonyl (C=O) groups is 1. The van der Waals surface area contributed by atoms with Crippen molar-refractivity contribution in [3.05, 3.63) is 61.5 Å². The molecule has 0 fully saturated rings. The van der Waals surface area contributed by atoms with Crippen LogP contribution in [0.4, 0.5) is 0 Å². The van der Waals surface area contributed by atoms with Gasteiger partial charge in [-0.05, 0) is 49.3 Å². The fourth-order valence-corrected chi connectivity index (χ4v) is 3.86. The van der Waals surface area contributed by atoms with Crippen molar-refractivity contribution in [1.82, 2.24) is 9.55 Å². The number of ether oxygens (including phenoxy) is 1. The highest BCUT2D eigenvalue weighted by Gasteiger charge is 2.11. The predicted octanol–water partition coefficient (Wildman–Crippen LogP) is 3.91. The Bertz CT molecular complexity index is 1030. The molecule has 0 aliphatic rings. The lowest BCUT2D eigenvalue weighted by Gasteiger charge is -2.07. The van der Waals surface area contributed by atoms with Crippen LogP contribution in [0.15, 0.2) is 35.1 Å². The minimum atomic E-state index is -0.352. The highest BCUT2D eigenvalue weighted by atomic mass is 32.1. The molecular formula is C18H18N2O3S2. The van der Waals surface area contributed by atoms with Gasteiger partial charge in [0.25, 0.3) is 5.56 Å². The van der Waals surface area contributed by atoms with E-state index in [9.17, 15) is 9.59 Å². The van der Waals surface area contributed by atoms with Crippen LogP contribution < -0.4 is 5.56 Å². The summed E-state index contributed by atoms with van der Waals surface area (Å²) in [5.41, 5.74) is 1.29. The minimum Gasteiger partial charge on any atom is -0.462 e. The molecule has 0 spiro atoms. The van der Waals surface area contributed by atoms with E-state index in [2.05, 4.69) is 11.9 Å². The molecule has 0 radical (unpaired) electrons. The third-order valence-electron chi connectivity index (χ3n) is 3.88. The number of fused-ring (bicyclic) bond motifs is 1. The SMILES string of the molecule is CCOC(=O)c1ccc(Cn2c(=S)[nH]c3sc(CC)cc3c2=O)cc1. The zero-order valence-electron chi connectivity index (χ0n) is 14.0. The fourth-order valence-electron chi connectivity index (χ4n) is 2.56. The van der Waals surface area contributed by atoms with Crippen LogP contribution in [-0.4, -0.2) is 22.1 Å². The van der Waals surface area contributed by atoms with E-state index < -0.39 is 0 Å². The molecule has 1 N–H and O–H groups in total. The first kappa shape index (κ1) is 17.6. The molecule has 0 saturated heterocycles. The van der Waals surface area contributed by atoms with Gasteiger partial charge in [-0.1, -0.05) is 19.1 Å². The van der Waals surface area contributed by atoms with Crippen molar-refractivity contribution >= 4 is 39.7 Å².